The molecule has 2 aromatic carbocycles. The van der Waals surface area contributed by atoms with Crippen molar-refractivity contribution in [2.45, 2.75) is 25.3 Å². The van der Waals surface area contributed by atoms with Crippen molar-refractivity contribution in [2.24, 2.45) is 0 Å². The minimum atomic E-state index is -0.972. The first-order chi connectivity index (χ1) is 14.9. The number of carboxylic acid groups (broad SMARTS) is 1. The van der Waals surface area contributed by atoms with Gasteiger partial charge in [0, 0.05) is 17.9 Å². The van der Waals surface area contributed by atoms with Gasteiger partial charge in [-0.15, -0.1) is 0 Å². The van der Waals surface area contributed by atoms with Crippen LogP contribution in [0.15, 0.2) is 60.7 Å². The number of unbranched alkanes of at least 4 members (excludes halogenated alkanes) is 1. The first kappa shape index (κ1) is 24.4. The predicted octanol–water partition coefficient (Wildman–Crippen LogP) is 3.46. The van der Waals surface area contributed by atoms with Crippen molar-refractivity contribution in [3.05, 3.63) is 60.7 Å². The van der Waals surface area contributed by atoms with Crippen LogP contribution < -0.4 is 26.6 Å². The van der Waals surface area contributed by atoms with E-state index >= 15 is 0 Å². The van der Waals surface area contributed by atoms with E-state index in [1.165, 1.54) is 0 Å². The maximum Gasteiger partial charge on any atom is 0.326 e. The summed E-state index contributed by atoms with van der Waals surface area (Å²) >= 11 is 15.6. The molecule has 0 saturated heterocycles. The molecule has 0 amide bonds. The number of hydrogen-bond acceptors (Lipinski definition) is 4. The smallest absolute Gasteiger partial charge is 0.326 e. The van der Waals surface area contributed by atoms with Gasteiger partial charge in [0.05, 0.1) is 0 Å². The summed E-state index contributed by atoms with van der Waals surface area (Å²) in [5, 5.41) is 25.2. The van der Waals surface area contributed by atoms with Gasteiger partial charge in [-0.25, -0.2) is 4.79 Å². The fraction of sp³-hybridized carbons (Fsp3) is 0.238. The van der Waals surface area contributed by atoms with Gasteiger partial charge < -0.3 is 31.7 Å². The maximum absolute atomic E-state index is 11.5. The predicted molar refractivity (Wildman–Crippen MR) is 137 cm³/mol. The Kier molecular flexibility index (Phi) is 10.6. The van der Waals surface area contributed by atoms with Gasteiger partial charge in [-0.3, -0.25) is 0 Å². The topological polar surface area (TPSA) is 97.5 Å². The van der Waals surface area contributed by atoms with Crippen molar-refractivity contribution in [3.63, 3.8) is 0 Å². The minimum Gasteiger partial charge on any atom is -0.480 e. The van der Waals surface area contributed by atoms with Gasteiger partial charge in [-0.1, -0.05) is 36.4 Å². The second-order valence-corrected chi connectivity index (χ2v) is 7.78. The third kappa shape index (κ3) is 10.2. The second kappa shape index (κ2) is 13.5. The van der Waals surface area contributed by atoms with E-state index in [-0.39, 0.29) is 10.2 Å². The van der Waals surface area contributed by atoms with Gasteiger partial charge in [0.1, 0.15) is 6.04 Å². The van der Waals surface area contributed by atoms with E-state index in [0.717, 1.165) is 17.8 Å². The van der Waals surface area contributed by atoms with Gasteiger partial charge in [-0.2, -0.15) is 0 Å². The Labute approximate surface area is 198 Å². The van der Waals surface area contributed by atoms with Crippen LogP contribution in [-0.4, -0.2) is 39.0 Å². The molecule has 31 heavy (non-hydrogen) atoms. The average molecular weight is 476 g/mol. The van der Waals surface area contributed by atoms with Crippen molar-refractivity contribution < 1.29 is 9.90 Å². The number of nitrogens with one attached hydrogen (secondary N) is 5. The standard InChI is InChI=1S/C21H25N5O2S3/c27-18(28)17(25-21(31)26-20(30)24-16-11-5-2-6-12-16)13-7-8-14-22-19(29)23-15-9-3-1-4-10-15/h1-6,9-12,17H,7-8,13-14H2,(H,27,28)(H2,22,23,29)(H3,24,25,26,30,31). The molecule has 7 nitrogen and oxygen atoms in total. The summed E-state index contributed by atoms with van der Waals surface area (Å²) in [7, 11) is 0. The molecule has 0 aliphatic rings. The summed E-state index contributed by atoms with van der Waals surface area (Å²) in [6, 6.07) is 18.2. The number of thiocarbonyl (C=S) groups is 3. The van der Waals surface area contributed by atoms with Gasteiger partial charge in [-0.05, 0) is 80.2 Å². The van der Waals surface area contributed by atoms with E-state index in [1.54, 1.807) is 0 Å². The van der Waals surface area contributed by atoms with E-state index in [0.29, 0.717) is 24.5 Å². The molecule has 0 radical (unpaired) electrons. The minimum absolute atomic E-state index is 0.159. The van der Waals surface area contributed by atoms with Crippen LogP contribution in [-0.2, 0) is 4.79 Å². The van der Waals surface area contributed by atoms with E-state index in [2.05, 4.69) is 26.6 Å². The molecule has 6 N–H and O–H groups in total. The summed E-state index contributed by atoms with van der Waals surface area (Å²) in [4.78, 5) is 11.5. The first-order valence-corrected chi connectivity index (χ1v) is 10.9. The van der Waals surface area contributed by atoms with E-state index in [9.17, 15) is 9.90 Å². The lowest BCUT2D eigenvalue weighted by molar-refractivity contribution is -0.139. The number of benzene rings is 2. The number of aliphatic carboxylic acids is 1. The Hall–Kier alpha value is -2.82. The molecule has 2 aromatic rings. The number of carboxylic acids is 1. The molecule has 1 unspecified atom stereocenters. The number of carbonyl (C=O) groups is 1. The molecule has 164 valence electrons. The summed E-state index contributed by atoms with van der Waals surface area (Å²) in [6.45, 7) is 0.638. The van der Waals surface area contributed by atoms with Crippen LogP contribution in [0, 0.1) is 0 Å². The lowest BCUT2D eigenvalue weighted by Crippen LogP contribution is -2.48. The van der Waals surface area contributed by atoms with Gasteiger partial charge in [0.2, 0.25) is 0 Å². The fourth-order valence-corrected chi connectivity index (χ4v) is 3.36. The monoisotopic (exact) mass is 475 g/mol. The van der Waals surface area contributed by atoms with Crippen LogP contribution >= 0.6 is 36.7 Å². The molecule has 0 saturated carbocycles. The van der Waals surface area contributed by atoms with E-state index in [4.69, 9.17) is 36.7 Å². The zero-order chi connectivity index (χ0) is 22.5. The molecule has 10 heteroatoms. The van der Waals surface area contributed by atoms with Gasteiger partial charge in [0.25, 0.3) is 0 Å². The summed E-state index contributed by atoms with van der Waals surface area (Å²) in [6.07, 6.45) is 1.85. The summed E-state index contributed by atoms with van der Waals surface area (Å²) < 4.78 is 0. The molecule has 0 aliphatic carbocycles. The summed E-state index contributed by atoms with van der Waals surface area (Å²) in [5.74, 6) is -0.972. The molecule has 0 fully saturated rings. The average Bonchev–Trinajstić information content (AvgIpc) is 2.73. The van der Waals surface area contributed by atoms with E-state index < -0.39 is 12.0 Å². The molecular weight excluding hydrogens is 450 g/mol. The largest absolute Gasteiger partial charge is 0.480 e. The first-order valence-electron chi connectivity index (χ1n) is 9.70. The number of para-hydroxylation sites is 2. The van der Waals surface area contributed by atoms with Crippen molar-refractivity contribution in [1.29, 1.82) is 0 Å². The molecular formula is C21H25N5O2S3. The van der Waals surface area contributed by atoms with Crippen LogP contribution in [0.3, 0.4) is 0 Å². The second-order valence-electron chi connectivity index (χ2n) is 6.55. The lowest BCUT2D eigenvalue weighted by atomic mass is 10.1. The van der Waals surface area contributed by atoms with Gasteiger partial charge >= 0.3 is 5.97 Å². The Morgan fingerprint density at radius 2 is 1.35 bits per heavy atom. The Bertz CT molecular complexity index is 881. The zero-order valence-corrected chi connectivity index (χ0v) is 19.2. The van der Waals surface area contributed by atoms with Crippen LogP contribution in [0.25, 0.3) is 0 Å². The highest BCUT2D eigenvalue weighted by Gasteiger charge is 2.18. The SMILES string of the molecule is O=C(O)C(CCCCNC(=S)Nc1ccccc1)NC(=S)NC(=S)Nc1ccccc1. The third-order valence-electron chi connectivity index (χ3n) is 4.10. The summed E-state index contributed by atoms with van der Waals surface area (Å²) in [5.41, 5.74) is 1.72. The highest BCUT2D eigenvalue weighted by molar-refractivity contribution is 7.82. The van der Waals surface area contributed by atoms with Crippen LogP contribution in [0.1, 0.15) is 19.3 Å². The Morgan fingerprint density at radius 3 is 1.90 bits per heavy atom. The highest BCUT2D eigenvalue weighted by Crippen LogP contribution is 2.06. The number of rotatable bonds is 9. The third-order valence-corrected chi connectivity index (χ3v) is 4.77. The van der Waals surface area contributed by atoms with Crippen LogP contribution in [0.4, 0.5) is 11.4 Å². The normalized spacial score (nSPS) is 11.0. The van der Waals surface area contributed by atoms with Crippen molar-refractivity contribution in [1.82, 2.24) is 16.0 Å². The van der Waals surface area contributed by atoms with Crippen molar-refractivity contribution in [3.8, 4) is 0 Å². The van der Waals surface area contributed by atoms with Crippen molar-refractivity contribution in [2.75, 3.05) is 17.2 Å². The number of anilines is 2. The molecule has 1 atom stereocenters. The molecule has 0 heterocycles. The fourth-order valence-electron chi connectivity index (χ4n) is 2.61. The Morgan fingerprint density at radius 1 is 0.806 bits per heavy atom. The molecule has 0 bridgehead atoms. The van der Waals surface area contributed by atoms with E-state index in [1.807, 2.05) is 60.7 Å². The number of hydrogen-bond donors (Lipinski definition) is 6. The molecule has 0 aromatic heterocycles. The van der Waals surface area contributed by atoms with Crippen LogP contribution in [0.5, 0.6) is 0 Å². The van der Waals surface area contributed by atoms with Crippen LogP contribution in [0.2, 0.25) is 0 Å². The maximum atomic E-state index is 11.5. The highest BCUT2D eigenvalue weighted by atomic mass is 32.1. The zero-order valence-electron chi connectivity index (χ0n) is 16.8. The van der Waals surface area contributed by atoms with Gasteiger partial charge in [0.15, 0.2) is 15.3 Å². The Balaban J connectivity index is 1.65. The lowest BCUT2D eigenvalue weighted by Gasteiger charge is -2.18. The quantitative estimate of drug-likeness (QED) is 0.239. The molecule has 2 rings (SSSR count). The van der Waals surface area contributed by atoms with Crippen molar-refractivity contribution >= 4 is 69.3 Å². The molecule has 0 aliphatic heterocycles. The molecule has 0 spiro atoms.